The summed E-state index contributed by atoms with van der Waals surface area (Å²) in [5, 5.41) is 6.49. The third-order valence-electron chi connectivity index (χ3n) is 2.15. The number of hydrogen-bond donors (Lipinski definition) is 2. The molecule has 1 aliphatic heterocycles. The Morgan fingerprint density at radius 3 is 2.86 bits per heavy atom. The first-order chi connectivity index (χ1) is 6.78. The standard InChI is InChI=1S/C9H14N4O/c1-6-3-8(12-7-4-10-5-7)13-9(11-6)14-2/h3,7,10H,4-5H2,1-2H3,(H,11,12,13). The zero-order chi connectivity index (χ0) is 9.97. The molecule has 1 fully saturated rings. The second-order valence-corrected chi connectivity index (χ2v) is 3.38. The Labute approximate surface area is 82.9 Å². The topological polar surface area (TPSA) is 59.1 Å². The van der Waals surface area contributed by atoms with Gasteiger partial charge in [0.1, 0.15) is 5.82 Å². The van der Waals surface area contributed by atoms with Crippen molar-refractivity contribution in [3.8, 4) is 6.01 Å². The molecule has 0 aromatic carbocycles. The number of rotatable bonds is 3. The number of aryl methyl sites for hydroxylation is 1. The Morgan fingerprint density at radius 2 is 2.29 bits per heavy atom. The van der Waals surface area contributed by atoms with Gasteiger partial charge < -0.3 is 15.4 Å². The van der Waals surface area contributed by atoms with Crippen molar-refractivity contribution in [2.24, 2.45) is 0 Å². The lowest BCUT2D eigenvalue weighted by Crippen LogP contribution is -2.51. The molecular weight excluding hydrogens is 180 g/mol. The van der Waals surface area contributed by atoms with Crippen LogP contribution in [0.5, 0.6) is 6.01 Å². The van der Waals surface area contributed by atoms with E-state index in [9.17, 15) is 0 Å². The number of aromatic nitrogens is 2. The molecule has 1 saturated heterocycles. The van der Waals surface area contributed by atoms with Crippen LogP contribution >= 0.6 is 0 Å². The Balaban J connectivity index is 2.11. The fraction of sp³-hybridized carbons (Fsp3) is 0.556. The van der Waals surface area contributed by atoms with E-state index in [0.717, 1.165) is 24.6 Å². The summed E-state index contributed by atoms with van der Waals surface area (Å²) < 4.78 is 4.99. The monoisotopic (exact) mass is 194 g/mol. The molecule has 2 N–H and O–H groups in total. The van der Waals surface area contributed by atoms with Crippen LogP contribution in [-0.4, -0.2) is 36.2 Å². The predicted octanol–water partition coefficient (Wildman–Crippen LogP) is 0.177. The number of anilines is 1. The van der Waals surface area contributed by atoms with Crippen LogP contribution < -0.4 is 15.4 Å². The van der Waals surface area contributed by atoms with Crippen molar-refractivity contribution in [2.45, 2.75) is 13.0 Å². The van der Waals surface area contributed by atoms with Crippen LogP contribution in [0.15, 0.2) is 6.07 Å². The van der Waals surface area contributed by atoms with E-state index in [4.69, 9.17) is 4.74 Å². The van der Waals surface area contributed by atoms with Crippen LogP contribution in [0.3, 0.4) is 0 Å². The van der Waals surface area contributed by atoms with Crippen LogP contribution in [0.25, 0.3) is 0 Å². The molecule has 2 rings (SSSR count). The molecule has 76 valence electrons. The maximum Gasteiger partial charge on any atom is 0.318 e. The van der Waals surface area contributed by atoms with Crippen LogP contribution in [0, 0.1) is 6.92 Å². The SMILES string of the molecule is COc1nc(C)cc(NC2CNC2)n1. The summed E-state index contributed by atoms with van der Waals surface area (Å²) in [5.74, 6) is 0.834. The molecule has 0 unspecified atom stereocenters. The van der Waals surface area contributed by atoms with Gasteiger partial charge in [0, 0.05) is 24.8 Å². The van der Waals surface area contributed by atoms with Crippen LogP contribution in [0.1, 0.15) is 5.69 Å². The Kier molecular flexibility index (Phi) is 2.49. The summed E-state index contributed by atoms with van der Waals surface area (Å²) in [4.78, 5) is 8.32. The molecule has 1 aliphatic rings. The molecule has 0 atom stereocenters. The summed E-state index contributed by atoms with van der Waals surface area (Å²) in [6, 6.07) is 2.81. The van der Waals surface area contributed by atoms with Gasteiger partial charge in [-0.15, -0.1) is 0 Å². The molecule has 14 heavy (non-hydrogen) atoms. The average molecular weight is 194 g/mol. The molecule has 0 radical (unpaired) electrons. The third-order valence-corrected chi connectivity index (χ3v) is 2.15. The molecule has 2 heterocycles. The largest absolute Gasteiger partial charge is 0.467 e. The molecule has 5 nitrogen and oxygen atoms in total. The van der Waals surface area contributed by atoms with Crippen molar-refractivity contribution in [1.29, 1.82) is 0 Å². The highest BCUT2D eigenvalue weighted by Gasteiger charge is 2.16. The van der Waals surface area contributed by atoms with Crippen LogP contribution in [0.4, 0.5) is 5.82 Å². The van der Waals surface area contributed by atoms with Crippen molar-refractivity contribution >= 4 is 5.82 Å². The van der Waals surface area contributed by atoms with Crippen molar-refractivity contribution in [3.63, 3.8) is 0 Å². The molecule has 5 heteroatoms. The average Bonchev–Trinajstić information content (AvgIpc) is 2.10. The Bertz CT molecular complexity index is 325. The minimum absolute atomic E-state index is 0.416. The smallest absolute Gasteiger partial charge is 0.318 e. The van der Waals surface area contributed by atoms with E-state index >= 15 is 0 Å². The molecule has 1 aromatic rings. The molecule has 0 bridgehead atoms. The third kappa shape index (κ3) is 1.93. The molecule has 0 saturated carbocycles. The first-order valence-corrected chi connectivity index (χ1v) is 4.65. The fourth-order valence-electron chi connectivity index (χ4n) is 1.31. The van der Waals surface area contributed by atoms with Gasteiger partial charge in [0.2, 0.25) is 0 Å². The summed E-state index contributed by atoms with van der Waals surface area (Å²) >= 11 is 0. The summed E-state index contributed by atoms with van der Waals surface area (Å²) in [6.45, 7) is 3.91. The van der Waals surface area contributed by atoms with Gasteiger partial charge in [0.25, 0.3) is 0 Å². The lowest BCUT2D eigenvalue weighted by Gasteiger charge is -2.28. The second kappa shape index (κ2) is 3.79. The summed E-state index contributed by atoms with van der Waals surface area (Å²) in [5.41, 5.74) is 0.909. The van der Waals surface area contributed by atoms with Gasteiger partial charge in [-0.05, 0) is 6.92 Å². The van der Waals surface area contributed by atoms with Gasteiger partial charge in [0.05, 0.1) is 13.2 Å². The van der Waals surface area contributed by atoms with Crippen molar-refractivity contribution < 1.29 is 4.74 Å². The van der Waals surface area contributed by atoms with Crippen LogP contribution in [-0.2, 0) is 0 Å². The van der Waals surface area contributed by atoms with Crippen LogP contribution in [0.2, 0.25) is 0 Å². The van der Waals surface area contributed by atoms with E-state index in [0.29, 0.717) is 12.1 Å². The maximum atomic E-state index is 4.99. The first kappa shape index (κ1) is 9.21. The van der Waals surface area contributed by atoms with Gasteiger partial charge >= 0.3 is 6.01 Å². The van der Waals surface area contributed by atoms with Crippen molar-refractivity contribution in [1.82, 2.24) is 15.3 Å². The predicted molar refractivity (Wildman–Crippen MR) is 53.6 cm³/mol. The molecule has 0 aliphatic carbocycles. The highest BCUT2D eigenvalue weighted by Crippen LogP contribution is 2.12. The first-order valence-electron chi connectivity index (χ1n) is 4.65. The number of nitrogens with zero attached hydrogens (tertiary/aromatic N) is 2. The number of hydrogen-bond acceptors (Lipinski definition) is 5. The van der Waals surface area contributed by atoms with Gasteiger partial charge in [-0.3, -0.25) is 0 Å². The Hall–Kier alpha value is -1.36. The van der Waals surface area contributed by atoms with E-state index in [1.165, 1.54) is 0 Å². The van der Waals surface area contributed by atoms with Gasteiger partial charge in [0.15, 0.2) is 0 Å². The van der Waals surface area contributed by atoms with E-state index in [1.807, 2.05) is 13.0 Å². The quantitative estimate of drug-likeness (QED) is 0.718. The molecular formula is C9H14N4O. The molecule has 0 amide bonds. The Morgan fingerprint density at radius 1 is 1.50 bits per heavy atom. The summed E-state index contributed by atoms with van der Waals surface area (Å²) in [6.07, 6.45) is 0. The normalized spacial score (nSPS) is 16.1. The van der Waals surface area contributed by atoms with E-state index in [1.54, 1.807) is 7.11 Å². The van der Waals surface area contributed by atoms with E-state index in [2.05, 4.69) is 20.6 Å². The van der Waals surface area contributed by atoms with Crippen molar-refractivity contribution in [2.75, 3.05) is 25.5 Å². The highest BCUT2D eigenvalue weighted by atomic mass is 16.5. The van der Waals surface area contributed by atoms with E-state index in [-0.39, 0.29) is 0 Å². The maximum absolute atomic E-state index is 4.99. The number of nitrogens with one attached hydrogen (secondary N) is 2. The minimum Gasteiger partial charge on any atom is -0.467 e. The van der Waals surface area contributed by atoms with Crippen molar-refractivity contribution in [3.05, 3.63) is 11.8 Å². The highest BCUT2D eigenvalue weighted by molar-refractivity contribution is 5.38. The number of methoxy groups -OCH3 is 1. The van der Waals surface area contributed by atoms with Gasteiger partial charge in [-0.25, -0.2) is 4.98 Å². The lowest BCUT2D eigenvalue weighted by atomic mass is 10.2. The zero-order valence-corrected chi connectivity index (χ0v) is 8.37. The lowest BCUT2D eigenvalue weighted by molar-refractivity contribution is 0.378. The zero-order valence-electron chi connectivity index (χ0n) is 8.37. The van der Waals surface area contributed by atoms with E-state index < -0.39 is 0 Å². The molecule has 1 aromatic heterocycles. The summed E-state index contributed by atoms with van der Waals surface area (Å²) in [7, 11) is 1.57. The minimum atomic E-state index is 0.416. The number of ether oxygens (including phenoxy) is 1. The van der Waals surface area contributed by atoms with Gasteiger partial charge in [-0.1, -0.05) is 0 Å². The fourth-order valence-corrected chi connectivity index (χ4v) is 1.31. The van der Waals surface area contributed by atoms with Gasteiger partial charge in [-0.2, -0.15) is 4.98 Å². The molecule has 0 spiro atoms. The second-order valence-electron chi connectivity index (χ2n) is 3.38.